The van der Waals surface area contributed by atoms with Gasteiger partial charge in [-0.2, -0.15) is 0 Å². The van der Waals surface area contributed by atoms with Crippen LogP contribution in [0.25, 0.3) is 0 Å². The molecule has 1 aliphatic carbocycles. The molecule has 0 radical (unpaired) electrons. The summed E-state index contributed by atoms with van der Waals surface area (Å²) in [5, 5.41) is 9.65. The highest BCUT2D eigenvalue weighted by Crippen LogP contribution is 2.49. The number of benzene rings is 1. The Morgan fingerprint density at radius 1 is 1.39 bits per heavy atom. The van der Waals surface area contributed by atoms with Gasteiger partial charge in [0.05, 0.1) is 5.41 Å². The summed E-state index contributed by atoms with van der Waals surface area (Å²) >= 11 is 3.51. The summed E-state index contributed by atoms with van der Waals surface area (Å²) in [7, 11) is 0. The molecule has 0 aliphatic heterocycles. The second-order valence-electron chi connectivity index (χ2n) is 4.98. The van der Waals surface area contributed by atoms with Crippen LogP contribution in [0.4, 0.5) is 0 Å². The summed E-state index contributed by atoms with van der Waals surface area (Å²) in [5.74, 6) is -0.820. The molecular formula is C14H18BrNO2. The van der Waals surface area contributed by atoms with Crippen LogP contribution in [0, 0.1) is 5.41 Å². The molecule has 0 bridgehead atoms. The third-order valence-corrected chi connectivity index (χ3v) is 4.83. The minimum absolute atomic E-state index is 0.118. The molecule has 1 fully saturated rings. The van der Waals surface area contributed by atoms with Crippen LogP contribution in [0.15, 0.2) is 28.7 Å². The molecule has 0 saturated heterocycles. The number of carbonyl (C=O) groups is 1. The summed E-state index contributed by atoms with van der Waals surface area (Å²) < 4.78 is 0.952. The maximum absolute atomic E-state index is 11.7. The Labute approximate surface area is 116 Å². The predicted molar refractivity (Wildman–Crippen MR) is 74.5 cm³/mol. The smallest absolute Gasteiger partial charge is 0.310 e. The van der Waals surface area contributed by atoms with Gasteiger partial charge in [0.15, 0.2) is 0 Å². The lowest BCUT2D eigenvalue weighted by molar-refractivity contribution is -0.150. The molecular weight excluding hydrogens is 294 g/mol. The first-order valence-electron chi connectivity index (χ1n) is 6.30. The van der Waals surface area contributed by atoms with E-state index in [1.54, 1.807) is 0 Å². The molecule has 0 aromatic heterocycles. The van der Waals surface area contributed by atoms with Crippen LogP contribution in [0.2, 0.25) is 0 Å². The van der Waals surface area contributed by atoms with E-state index in [4.69, 9.17) is 5.73 Å². The van der Waals surface area contributed by atoms with Gasteiger partial charge in [0.1, 0.15) is 0 Å². The fourth-order valence-electron chi connectivity index (χ4n) is 3.13. The van der Waals surface area contributed by atoms with E-state index in [1.165, 1.54) is 0 Å². The Morgan fingerprint density at radius 3 is 2.50 bits per heavy atom. The quantitative estimate of drug-likeness (QED) is 0.898. The highest BCUT2D eigenvalue weighted by atomic mass is 79.9. The van der Waals surface area contributed by atoms with Crippen molar-refractivity contribution in [3.63, 3.8) is 0 Å². The van der Waals surface area contributed by atoms with Crippen molar-refractivity contribution < 1.29 is 9.90 Å². The lowest BCUT2D eigenvalue weighted by Gasteiger charge is -2.33. The first kappa shape index (κ1) is 13.6. The summed E-state index contributed by atoms with van der Waals surface area (Å²) in [6.45, 7) is 0.370. The summed E-state index contributed by atoms with van der Waals surface area (Å²) in [6.07, 6.45) is 3.41. The largest absolute Gasteiger partial charge is 0.481 e. The van der Waals surface area contributed by atoms with Crippen molar-refractivity contribution in [3.8, 4) is 0 Å². The number of carboxylic acid groups (broad SMARTS) is 1. The maximum atomic E-state index is 11.7. The van der Waals surface area contributed by atoms with Crippen molar-refractivity contribution in [2.45, 2.75) is 31.6 Å². The van der Waals surface area contributed by atoms with E-state index in [9.17, 15) is 9.90 Å². The van der Waals surface area contributed by atoms with Crippen molar-refractivity contribution in [1.82, 2.24) is 0 Å². The molecule has 1 saturated carbocycles. The number of rotatable bonds is 4. The first-order valence-corrected chi connectivity index (χ1v) is 7.09. The van der Waals surface area contributed by atoms with Crippen LogP contribution in [0.1, 0.15) is 37.2 Å². The van der Waals surface area contributed by atoms with Crippen LogP contribution in [0.5, 0.6) is 0 Å². The standard InChI is InChI=1S/C14H18BrNO2/c15-12-6-2-1-5-10(12)11(9-16)14(13(17)18)7-3-4-8-14/h1-2,5-6,11H,3-4,7-9,16H2,(H,17,18)/t11-/m0/s1. The zero-order valence-electron chi connectivity index (χ0n) is 10.2. The van der Waals surface area contributed by atoms with Crippen molar-refractivity contribution >= 4 is 21.9 Å². The Balaban J connectivity index is 2.44. The average molecular weight is 312 g/mol. The topological polar surface area (TPSA) is 63.3 Å². The lowest BCUT2D eigenvalue weighted by atomic mass is 9.70. The van der Waals surface area contributed by atoms with E-state index in [1.807, 2.05) is 24.3 Å². The first-order chi connectivity index (χ1) is 8.62. The van der Waals surface area contributed by atoms with Gasteiger partial charge in [-0.05, 0) is 24.5 Å². The van der Waals surface area contributed by atoms with E-state index < -0.39 is 11.4 Å². The minimum Gasteiger partial charge on any atom is -0.481 e. The highest BCUT2D eigenvalue weighted by molar-refractivity contribution is 9.10. The molecule has 2 rings (SSSR count). The number of nitrogens with two attached hydrogens (primary N) is 1. The zero-order valence-corrected chi connectivity index (χ0v) is 11.8. The summed E-state index contributed by atoms with van der Waals surface area (Å²) in [4.78, 5) is 11.7. The van der Waals surface area contributed by atoms with Crippen molar-refractivity contribution in [2.75, 3.05) is 6.54 Å². The Hall–Kier alpha value is -0.870. The molecule has 98 valence electrons. The van der Waals surface area contributed by atoms with Gasteiger partial charge < -0.3 is 10.8 Å². The Kier molecular flexibility index (Phi) is 4.07. The van der Waals surface area contributed by atoms with Crippen molar-refractivity contribution in [2.24, 2.45) is 11.1 Å². The SMILES string of the molecule is NC[C@@H](c1ccccc1Br)C1(C(=O)O)CCCC1. The van der Waals surface area contributed by atoms with E-state index in [-0.39, 0.29) is 5.92 Å². The number of halogens is 1. The molecule has 0 heterocycles. The Bertz CT molecular complexity index is 441. The lowest BCUT2D eigenvalue weighted by Crippen LogP contribution is -2.38. The van der Waals surface area contributed by atoms with Gasteiger partial charge in [-0.1, -0.05) is 47.0 Å². The molecule has 1 aromatic carbocycles. The molecule has 4 heteroatoms. The third-order valence-electron chi connectivity index (χ3n) is 4.11. The van der Waals surface area contributed by atoms with Crippen LogP contribution >= 0.6 is 15.9 Å². The second-order valence-corrected chi connectivity index (χ2v) is 5.83. The van der Waals surface area contributed by atoms with Gasteiger partial charge >= 0.3 is 5.97 Å². The van der Waals surface area contributed by atoms with Crippen molar-refractivity contribution in [1.29, 1.82) is 0 Å². The average Bonchev–Trinajstić information content (AvgIpc) is 2.83. The van der Waals surface area contributed by atoms with E-state index in [0.29, 0.717) is 6.54 Å². The van der Waals surface area contributed by atoms with Gasteiger partial charge in [0.25, 0.3) is 0 Å². The van der Waals surface area contributed by atoms with Gasteiger partial charge in [-0.15, -0.1) is 0 Å². The van der Waals surface area contributed by atoms with E-state index in [2.05, 4.69) is 15.9 Å². The fourth-order valence-corrected chi connectivity index (χ4v) is 3.69. The molecule has 1 aromatic rings. The predicted octanol–water partition coefficient (Wildman–Crippen LogP) is 3.14. The van der Waals surface area contributed by atoms with E-state index in [0.717, 1.165) is 35.7 Å². The van der Waals surface area contributed by atoms with Crippen LogP contribution in [0.3, 0.4) is 0 Å². The van der Waals surface area contributed by atoms with Crippen molar-refractivity contribution in [3.05, 3.63) is 34.3 Å². The van der Waals surface area contributed by atoms with Crippen LogP contribution < -0.4 is 5.73 Å². The number of hydrogen-bond donors (Lipinski definition) is 2. The zero-order chi connectivity index (χ0) is 13.2. The highest BCUT2D eigenvalue weighted by Gasteiger charge is 2.48. The fraction of sp³-hybridized carbons (Fsp3) is 0.500. The molecule has 1 aliphatic rings. The number of aliphatic carboxylic acids is 1. The Morgan fingerprint density at radius 2 is 2.00 bits per heavy atom. The molecule has 0 unspecified atom stereocenters. The minimum atomic E-state index is -0.703. The number of hydrogen-bond acceptors (Lipinski definition) is 2. The molecule has 18 heavy (non-hydrogen) atoms. The molecule has 0 spiro atoms. The van der Waals surface area contributed by atoms with E-state index >= 15 is 0 Å². The van der Waals surface area contributed by atoms with Gasteiger partial charge in [0.2, 0.25) is 0 Å². The normalized spacial score (nSPS) is 19.7. The van der Waals surface area contributed by atoms with Gasteiger partial charge in [-0.25, -0.2) is 0 Å². The summed E-state index contributed by atoms with van der Waals surface area (Å²) in [5.41, 5.74) is 6.23. The molecule has 0 amide bonds. The number of carboxylic acids is 1. The molecule has 3 nitrogen and oxygen atoms in total. The monoisotopic (exact) mass is 311 g/mol. The van der Waals surface area contributed by atoms with Crippen LogP contribution in [-0.2, 0) is 4.79 Å². The third kappa shape index (κ3) is 2.19. The second kappa shape index (κ2) is 5.41. The van der Waals surface area contributed by atoms with Gasteiger partial charge in [-0.3, -0.25) is 4.79 Å². The maximum Gasteiger partial charge on any atom is 0.310 e. The van der Waals surface area contributed by atoms with Gasteiger partial charge in [0, 0.05) is 16.9 Å². The summed E-state index contributed by atoms with van der Waals surface area (Å²) in [6, 6.07) is 7.80. The molecule has 3 N–H and O–H groups in total. The van der Waals surface area contributed by atoms with Crippen LogP contribution in [-0.4, -0.2) is 17.6 Å². The molecule has 1 atom stereocenters.